The highest BCUT2D eigenvalue weighted by atomic mass is 15.3. The van der Waals surface area contributed by atoms with Gasteiger partial charge in [0, 0.05) is 44.5 Å². The molecule has 1 aliphatic heterocycles. The SMILES string of the molecule is CCn1nccc1CN1CCNC(C)(C)C1. The van der Waals surface area contributed by atoms with Gasteiger partial charge in [0.1, 0.15) is 0 Å². The Balaban J connectivity index is 1.99. The van der Waals surface area contributed by atoms with Crippen molar-refractivity contribution in [1.29, 1.82) is 0 Å². The van der Waals surface area contributed by atoms with Crippen LogP contribution in [0.25, 0.3) is 0 Å². The quantitative estimate of drug-likeness (QED) is 0.831. The van der Waals surface area contributed by atoms with E-state index in [1.54, 1.807) is 0 Å². The van der Waals surface area contributed by atoms with E-state index in [-0.39, 0.29) is 5.54 Å². The van der Waals surface area contributed by atoms with Crippen LogP contribution in [-0.2, 0) is 13.1 Å². The second-order valence-electron chi connectivity index (χ2n) is 5.16. The van der Waals surface area contributed by atoms with Crippen molar-refractivity contribution in [3.63, 3.8) is 0 Å². The average molecular weight is 222 g/mol. The van der Waals surface area contributed by atoms with Crippen LogP contribution in [0.3, 0.4) is 0 Å². The summed E-state index contributed by atoms with van der Waals surface area (Å²) in [5, 5.41) is 7.84. The Kier molecular flexibility index (Phi) is 3.30. The minimum atomic E-state index is 0.231. The molecule has 1 N–H and O–H groups in total. The molecule has 4 heteroatoms. The Morgan fingerprint density at radius 2 is 2.31 bits per heavy atom. The highest BCUT2D eigenvalue weighted by molar-refractivity contribution is 5.01. The van der Waals surface area contributed by atoms with Crippen molar-refractivity contribution in [2.45, 2.75) is 39.4 Å². The molecule has 0 bridgehead atoms. The number of aryl methyl sites for hydroxylation is 1. The molecule has 0 aliphatic carbocycles. The van der Waals surface area contributed by atoms with Crippen LogP contribution in [0.5, 0.6) is 0 Å². The zero-order valence-electron chi connectivity index (χ0n) is 10.5. The van der Waals surface area contributed by atoms with Gasteiger partial charge in [-0.2, -0.15) is 5.10 Å². The minimum Gasteiger partial charge on any atom is -0.309 e. The van der Waals surface area contributed by atoms with Crippen molar-refractivity contribution >= 4 is 0 Å². The van der Waals surface area contributed by atoms with Crippen LogP contribution in [0.4, 0.5) is 0 Å². The van der Waals surface area contributed by atoms with Gasteiger partial charge in [-0.25, -0.2) is 0 Å². The lowest BCUT2D eigenvalue weighted by atomic mass is 10.0. The van der Waals surface area contributed by atoms with Gasteiger partial charge in [-0.3, -0.25) is 9.58 Å². The molecule has 1 aromatic heterocycles. The number of hydrogen-bond donors (Lipinski definition) is 1. The van der Waals surface area contributed by atoms with E-state index in [1.165, 1.54) is 5.69 Å². The molecule has 0 amide bonds. The Morgan fingerprint density at radius 1 is 1.50 bits per heavy atom. The zero-order valence-corrected chi connectivity index (χ0v) is 10.5. The molecule has 0 atom stereocenters. The normalized spacial score (nSPS) is 21.2. The molecular formula is C12H22N4. The molecule has 0 spiro atoms. The van der Waals surface area contributed by atoms with E-state index in [4.69, 9.17) is 0 Å². The van der Waals surface area contributed by atoms with Gasteiger partial charge in [0.15, 0.2) is 0 Å². The van der Waals surface area contributed by atoms with E-state index < -0.39 is 0 Å². The molecule has 0 unspecified atom stereocenters. The van der Waals surface area contributed by atoms with E-state index in [1.807, 2.05) is 6.20 Å². The third kappa shape index (κ3) is 2.62. The van der Waals surface area contributed by atoms with Crippen molar-refractivity contribution in [2.75, 3.05) is 19.6 Å². The van der Waals surface area contributed by atoms with Crippen molar-refractivity contribution in [1.82, 2.24) is 20.0 Å². The van der Waals surface area contributed by atoms with Crippen molar-refractivity contribution in [3.8, 4) is 0 Å². The number of nitrogens with zero attached hydrogens (tertiary/aromatic N) is 3. The maximum absolute atomic E-state index is 4.31. The van der Waals surface area contributed by atoms with Gasteiger partial charge >= 0.3 is 0 Å². The zero-order chi connectivity index (χ0) is 11.6. The highest BCUT2D eigenvalue weighted by Crippen LogP contribution is 2.13. The third-order valence-corrected chi connectivity index (χ3v) is 3.14. The predicted octanol–water partition coefficient (Wildman–Crippen LogP) is 1.09. The molecule has 1 fully saturated rings. The van der Waals surface area contributed by atoms with E-state index >= 15 is 0 Å². The maximum atomic E-state index is 4.31. The third-order valence-electron chi connectivity index (χ3n) is 3.14. The molecule has 2 heterocycles. The number of hydrogen-bond acceptors (Lipinski definition) is 3. The smallest absolute Gasteiger partial charge is 0.0524 e. The molecule has 2 rings (SSSR count). The summed E-state index contributed by atoms with van der Waals surface area (Å²) in [6.45, 7) is 11.9. The Hall–Kier alpha value is -0.870. The first-order chi connectivity index (χ1) is 7.61. The molecule has 16 heavy (non-hydrogen) atoms. The molecular weight excluding hydrogens is 200 g/mol. The monoisotopic (exact) mass is 222 g/mol. The Bertz CT molecular complexity index is 343. The van der Waals surface area contributed by atoms with E-state index in [2.05, 4.69) is 46.8 Å². The second-order valence-corrected chi connectivity index (χ2v) is 5.16. The van der Waals surface area contributed by atoms with Crippen LogP contribution >= 0.6 is 0 Å². The number of piperazine rings is 1. The van der Waals surface area contributed by atoms with Crippen LogP contribution in [0.15, 0.2) is 12.3 Å². The molecule has 0 aromatic carbocycles. The molecule has 1 aromatic rings. The average Bonchev–Trinajstić information content (AvgIpc) is 2.63. The van der Waals surface area contributed by atoms with Gasteiger partial charge in [0.05, 0.1) is 5.69 Å². The van der Waals surface area contributed by atoms with Crippen LogP contribution in [0, 0.1) is 0 Å². The highest BCUT2D eigenvalue weighted by Gasteiger charge is 2.25. The molecule has 1 saturated heterocycles. The van der Waals surface area contributed by atoms with Gasteiger partial charge in [-0.05, 0) is 26.8 Å². The first kappa shape index (κ1) is 11.6. The lowest BCUT2D eigenvalue weighted by Gasteiger charge is -2.39. The van der Waals surface area contributed by atoms with Gasteiger partial charge in [0.25, 0.3) is 0 Å². The molecule has 0 saturated carbocycles. The molecule has 1 aliphatic rings. The Morgan fingerprint density at radius 3 is 3.00 bits per heavy atom. The summed E-state index contributed by atoms with van der Waals surface area (Å²) < 4.78 is 2.08. The van der Waals surface area contributed by atoms with Crippen LogP contribution in [0.2, 0.25) is 0 Å². The second kappa shape index (κ2) is 4.55. The van der Waals surface area contributed by atoms with Crippen LogP contribution < -0.4 is 5.32 Å². The van der Waals surface area contributed by atoms with Gasteiger partial charge in [-0.1, -0.05) is 0 Å². The van der Waals surface area contributed by atoms with Gasteiger partial charge in [0.2, 0.25) is 0 Å². The summed E-state index contributed by atoms with van der Waals surface area (Å²) in [5.41, 5.74) is 1.55. The summed E-state index contributed by atoms with van der Waals surface area (Å²) in [4.78, 5) is 2.50. The van der Waals surface area contributed by atoms with Crippen molar-refractivity contribution in [3.05, 3.63) is 18.0 Å². The fourth-order valence-electron chi connectivity index (χ4n) is 2.39. The van der Waals surface area contributed by atoms with Crippen LogP contribution in [-0.4, -0.2) is 39.9 Å². The van der Waals surface area contributed by atoms with E-state index in [0.29, 0.717) is 0 Å². The van der Waals surface area contributed by atoms with E-state index in [0.717, 1.165) is 32.7 Å². The summed E-state index contributed by atoms with van der Waals surface area (Å²) in [7, 11) is 0. The Labute approximate surface area is 97.6 Å². The first-order valence-electron chi connectivity index (χ1n) is 6.09. The summed E-state index contributed by atoms with van der Waals surface area (Å²) in [6, 6.07) is 2.12. The van der Waals surface area contributed by atoms with Gasteiger partial charge in [-0.15, -0.1) is 0 Å². The number of rotatable bonds is 3. The standard InChI is InChI=1S/C12H22N4/c1-4-16-11(5-6-14-16)9-15-8-7-13-12(2,3)10-15/h5-6,13H,4,7-10H2,1-3H3. The summed E-state index contributed by atoms with van der Waals surface area (Å²) in [5.74, 6) is 0. The lowest BCUT2D eigenvalue weighted by molar-refractivity contribution is 0.145. The van der Waals surface area contributed by atoms with Crippen LogP contribution in [0.1, 0.15) is 26.5 Å². The molecule has 90 valence electrons. The summed E-state index contributed by atoms with van der Waals surface area (Å²) >= 11 is 0. The van der Waals surface area contributed by atoms with Crippen molar-refractivity contribution in [2.24, 2.45) is 0 Å². The van der Waals surface area contributed by atoms with Gasteiger partial charge < -0.3 is 5.32 Å². The maximum Gasteiger partial charge on any atom is 0.0524 e. The fraction of sp³-hybridized carbons (Fsp3) is 0.750. The fourth-order valence-corrected chi connectivity index (χ4v) is 2.39. The minimum absolute atomic E-state index is 0.231. The molecule has 4 nitrogen and oxygen atoms in total. The van der Waals surface area contributed by atoms with E-state index in [9.17, 15) is 0 Å². The largest absolute Gasteiger partial charge is 0.309 e. The topological polar surface area (TPSA) is 33.1 Å². The lowest BCUT2D eigenvalue weighted by Crippen LogP contribution is -2.56. The predicted molar refractivity (Wildman–Crippen MR) is 65.3 cm³/mol. The molecule has 0 radical (unpaired) electrons. The number of aromatic nitrogens is 2. The number of nitrogens with one attached hydrogen (secondary N) is 1. The van der Waals surface area contributed by atoms with Crippen molar-refractivity contribution < 1.29 is 0 Å². The first-order valence-corrected chi connectivity index (χ1v) is 6.09. The summed E-state index contributed by atoms with van der Waals surface area (Å²) in [6.07, 6.45) is 1.90.